The van der Waals surface area contributed by atoms with E-state index in [1.54, 1.807) is 0 Å². The predicted octanol–water partition coefficient (Wildman–Crippen LogP) is 1.70. The molecular weight excluding hydrogens is 168 g/mol. The molecule has 70 valence electrons. The van der Waals surface area contributed by atoms with E-state index in [2.05, 4.69) is 21.4 Å². The van der Waals surface area contributed by atoms with Crippen molar-refractivity contribution in [2.75, 3.05) is 19.8 Å². The SMILES string of the molecule is [N-]=[N+]=NCCOCC1=CCC=CN1. The van der Waals surface area contributed by atoms with E-state index in [0.29, 0.717) is 19.8 Å². The summed E-state index contributed by atoms with van der Waals surface area (Å²) in [5.41, 5.74) is 9.04. The number of azide groups is 1. The van der Waals surface area contributed by atoms with Gasteiger partial charge in [-0.2, -0.15) is 0 Å². The molecule has 0 amide bonds. The van der Waals surface area contributed by atoms with Crippen molar-refractivity contribution >= 4 is 0 Å². The minimum absolute atomic E-state index is 0.389. The molecule has 0 spiro atoms. The summed E-state index contributed by atoms with van der Waals surface area (Å²) in [4.78, 5) is 2.62. The van der Waals surface area contributed by atoms with Crippen molar-refractivity contribution in [3.8, 4) is 0 Å². The average Bonchev–Trinajstić information content (AvgIpc) is 2.19. The average molecular weight is 180 g/mol. The first-order valence-electron chi connectivity index (χ1n) is 4.12. The summed E-state index contributed by atoms with van der Waals surface area (Å²) < 4.78 is 5.25. The van der Waals surface area contributed by atoms with Crippen molar-refractivity contribution in [3.05, 3.63) is 34.5 Å². The highest BCUT2D eigenvalue weighted by atomic mass is 16.5. The van der Waals surface area contributed by atoms with Gasteiger partial charge in [0.2, 0.25) is 0 Å². The smallest absolute Gasteiger partial charge is 0.0862 e. The minimum atomic E-state index is 0.389. The van der Waals surface area contributed by atoms with E-state index >= 15 is 0 Å². The molecule has 0 aromatic rings. The Labute approximate surface area is 76.7 Å². The van der Waals surface area contributed by atoms with Crippen LogP contribution in [0.15, 0.2) is 29.2 Å². The Morgan fingerprint density at radius 3 is 3.31 bits per heavy atom. The van der Waals surface area contributed by atoms with E-state index < -0.39 is 0 Å². The van der Waals surface area contributed by atoms with Gasteiger partial charge in [-0.15, -0.1) is 0 Å². The van der Waals surface area contributed by atoms with Gasteiger partial charge in [0.05, 0.1) is 13.2 Å². The second-order valence-corrected chi connectivity index (χ2v) is 2.52. The first-order valence-corrected chi connectivity index (χ1v) is 4.12. The third kappa shape index (κ3) is 4.20. The molecule has 0 atom stereocenters. The number of allylic oxidation sites excluding steroid dienone is 2. The fourth-order valence-corrected chi connectivity index (χ4v) is 0.936. The monoisotopic (exact) mass is 180 g/mol. The predicted molar refractivity (Wildman–Crippen MR) is 49.8 cm³/mol. The summed E-state index contributed by atoms with van der Waals surface area (Å²) in [6.45, 7) is 1.40. The van der Waals surface area contributed by atoms with Gasteiger partial charge in [0, 0.05) is 17.2 Å². The fourth-order valence-electron chi connectivity index (χ4n) is 0.936. The zero-order valence-corrected chi connectivity index (χ0v) is 7.31. The lowest BCUT2D eigenvalue weighted by Crippen LogP contribution is -2.14. The molecule has 1 aliphatic rings. The van der Waals surface area contributed by atoms with Crippen LogP contribution >= 0.6 is 0 Å². The highest BCUT2D eigenvalue weighted by Crippen LogP contribution is 2.00. The van der Waals surface area contributed by atoms with E-state index in [1.807, 2.05) is 12.3 Å². The Hall–Kier alpha value is -1.45. The van der Waals surface area contributed by atoms with Crippen LogP contribution in [-0.4, -0.2) is 19.8 Å². The maximum atomic E-state index is 7.98. The summed E-state index contributed by atoms with van der Waals surface area (Å²) in [6, 6.07) is 0. The minimum Gasteiger partial charge on any atom is -0.375 e. The van der Waals surface area contributed by atoms with Crippen LogP contribution in [-0.2, 0) is 4.74 Å². The molecule has 0 saturated heterocycles. The molecule has 0 aromatic heterocycles. The largest absolute Gasteiger partial charge is 0.375 e. The molecule has 5 heteroatoms. The summed E-state index contributed by atoms with van der Waals surface area (Å²) in [7, 11) is 0. The van der Waals surface area contributed by atoms with Crippen LogP contribution in [0.4, 0.5) is 0 Å². The first-order chi connectivity index (χ1) is 6.43. The van der Waals surface area contributed by atoms with Gasteiger partial charge in [-0.3, -0.25) is 0 Å². The Bertz CT molecular complexity index is 253. The molecule has 0 bridgehead atoms. The van der Waals surface area contributed by atoms with Gasteiger partial charge in [-0.25, -0.2) is 0 Å². The van der Waals surface area contributed by atoms with Gasteiger partial charge < -0.3 is 10.1 Å². The zero-order chi connectivity index (χ0) is 9.36. The van der Waals surface area contributed by atoms with Crippen LogP contribution in [0.2, 0.25) is 0 Å². The molecule has 1 N–H and O–H groups in total. The Kier molecular flexibility index (Phi) is 4.53. The number of nitrogens with one attached hydrogen (secondary N) is 1. The normalized spacial score (nSPS) is 14.3. The second-order valence-electron chi connectivity index (χ2n) is 2.52. The van der Waals surface area contributed by atoms with Crippen molar-refractivity contribution in [1.82, 2.24) is 5.32 Å². The van der Waals surface area contributed by atoms with E-state index in [4.69, 9.17) is 10.3 Å². The summed E-state index contributed by atoms with van der Waals surface area (Å²) in [5.74, 6) is 0. The molecule has 0 unspecified atom stereocenters. The Balaban J connectivity index is 2.05. The lowest BCUT2D eigenvalue weighted by Gasteiger charge is -2.10. The lowest BCUT2D eigenvalue weighted by atomic mass is 10.3. The highest BCUT2D eigenvalue weighted by molar-refractivity contribution is 5.11. The van der Waals surface area contributed by atoms with E-state index in [0.717, 1.165) is 12.1 Å². The maximum Gasteiger partial charge on any atom is 0.0862 e. The quantitative estimate of drug-likeness (QED) is 0.303. The van der Waals surface area contributed by atoms with Gasteiger partial charge in [0.15, 0.2) is 0 Å². The third-order valence-corrected chi connectivity index (χ3v) is 1.54. The molecular formula is C8H12N4O. The number of nitrogens with zero attached hydrogens (tertiary/aromatic N) is 3. The molecule has 1 aliphatic heterocycles. The second kappa shape index (κ2) is 6.11. The summed E-state index contributed by atoms with van der Waals surface area (Å²) in [6.07, 6.45) is 6.94. The molecule has 0 radical (unpaired) electrons. The van der Waals surface area contributed by atoms with Crippen molar-refractivity contribution in [2.24, 2.45) is 5.11 Å². The summed E-state index contributed by atoms with van der Waals surface area (Å²) in [5, 5.41) is 6.42. The zero-order valence-electron chi connectivity index (χ0n) is 7.31. The number of hydrogen-bond donors (Lipinski definition) is 1. The lowest BCUT2D eigenvalue weighted by molar-refractivity contribution is 0.161. The number of ether oxygens (including phenoxy) is 1. The maximum absolute atomic E-state index is 7.98. The van der Waals surface area contributed by atoms with Gasteiger partial charge in [-0.05, 0) is 18.2 Å². The molecule has 0 aliphatic carbocycles. The number of hydrogen-bond acceptors (Lipinski definition) is 3. The van der Waals surface area contributed by atoms with Gasteiger partial charge in [0.1, 0.15) is 0 Å². The number of rotatable bonds is 5. The van der Waals surface area contributed by atoms with E-state index in [-0.39, 0.29) is 0 Å². The van der Waals surface area contributed by atoms with Crippen LogP contribution in [0, 0.1) is 0 Å². The molecule has 1 rings (SSSR count). The molecule has 0 aromatic carbocycles. The van der Waals surface area contributed by atoms with Crippen LogP contribution < -0.4 is 5.32 Å². The van der Waals surface area contributed by atoms with Gasteiger partial charge in [-0.1, -0.05) is 17.3 Å². The van der Waals surface area contributed by atoms with Crippen LogP contribution in [0.25, 0.3) is 10.4 Å². The van der Waals surface area contributed by atoms with Crippen molar-refractivity contribution in [2.45, 2.75) is 6.42 Å². The first kappa shape index (κ1) is 9.64. The fraction of sp³-hybridized carbons (Fsp3) is 0.500. The van der Waals surface area contributed by atoms with Crippen LogP contribution in [0.3, 0.4) is 0 Å². The highest BCUT2D eigenvalue weighted by Gasteiger charge is 1.96. The van der Waals surface area contributed by atoms with Crippen molar-refractivity contribution < 1.29 is 4.74 Å². The van der Waals surface area contributed by atoms with Gasteiger partial charge >= 0.3 is 0 Å². The summed E-state index contributed by atoms with van der Waals surface area (Å²) >= 11 is 0. The van der Waals surface area contributed by atoms with E-state index in [9.17, 15) is 0 Å². The van der Waals surface area contributed by atoms with E-state index in [1.165, 1.54) is 0 Å². The molecule has 1 heterocycles. The topological polar surface area (TPSA) is 70.0 Å². The standard InChI is InChI=1S/C8H12N4O/c9-12-11-5-6-13-7-8-3-1-2-4-10-8/h2-4,10H,1,5-7H2. The Morgan fingerprint density at radius 2 is 2.62 bits per heavy atom. The molecule has 0 saturated carbocycles. The molecule has 0 fully saturated rings. The van der Waals surface area contributed by atoms with Crippen LogP contribution in [0.1, 0.15) is 6.42 Å². The molecule has 5 nitrogen and oxygen atoms in total. The Morgan fingerprint density at radius 1 is 1.69 bits per heavy atom. The van der Waals surface area contributed by atoms with Crippen molar-refractivity contribution in [1.29, 1.82) is 0 Å². The van der Waals surface area contributed by atoms with Crippen LogP contribution in [0.5, 0.6) is 0 Å². The third-order valence-electron chi connectivity index (χ3n) is 1.54. The van der Waals surface area contributed by atoms with Gasteiger partial charge in [0.25, 0.3) is 0 Å². The molecule has 13 heavy (non-hydrogen) atoms. The number of dihydropyridines is 1. The van der Waals surface area contributed by atoms with Crippen molar-refractivity contribution in [3.63, 3.8) is 0 Å².